The van der Waals surface area contributed by atoms with E-state index in [0.29, 0.717) is 34.7 Å². The van der Waals surface area contributed by atoms with Crippen molar-refractivity contribution >= 4 is 16.8 Å². The maximum absolute atomic E-state index is 14.8. The summed E-state index contributed by atoms with van der Waals surface area (Å²) in [6.07, 6.45) is -1.19. The Morgan fingerprint density at radius 3 is 2.37 bits per heavy atom. The summed E-state index contributed by atoms with van der Waals surface area (Å²) in [4.78, 5) is 24.0. The van der Waals surface area contributed by atoms with Crippen LogP contribution in [0.3, 0.4) is 0 Å². The van der Waals surface area contributed by atoms with Crippen LogP contribution in [-0.2, 0) is 23.0 Å². The molecule has 3 aromatic carbocycles. The number of fused-ring (bicyclic) bond motifs is 1. The average molecular weight is 633 g/mol. The quantitative estimate of drug-likeness (QED) is 0.228. The number of nitrogens with one attached hydrogen (secondary N) is 1. The molecular weight excluding hydrogens is 596 g/mol. The Bertz CT molecular complexity index is 1730. The second-order valence-electron chi connectivity index (χ2n) is 12.6. The van der Waals surface area contributed by atoms with Gasteiger partial charge in [-0.2, -0.15) is 13.2 Å². The number of halogens is 4. The summed E-state index contributed by atoms with van der Waals surface area (Å²) >= 11 is 0. The van der Waals surface area contributed by atoms with Gasteiger partial charge >= 0.3 is 6.18 Å². The molecule has 1 saturated carbocycles. The zero-order chi connectivity index (χ0) is 31.9. The second-order valence-corrected chi connectivity index (χ2v) is 12.6. The molecule has 1 N–H and O–H groups in total. The smallest absolute Gasteiger partial charge is 0.379 e. The monoisotopic (exact) mass is 632 g/mol. The Morgan fingerprint density at radius 1 is 0.935 bits per heavy atom. The molecule has 10 heteroatoms. The third-order valence-electron chi connectivity index (χ3n) is 9.67. The van der Waals surface area contributed by atoms with Crippen LogP contribution in [0.2, 0.25) is 0 Å². The molecule has 0 spiro atoms. The van der Waals surface area contributed by atoms with Crippen LogP contribution >= 0.6 is 0 Å². The summed E-state index contributed by atoms with van der Waals surface area (Å²) in [7, 11) is 0. The number of pyridine rings is 1. The number of aromatic nitrogens is 1. The van der Waals surface area contributed by atoms with Crippen LogP contribution in [0.4, 0.5) is 17.6 Å². The Morgan fingerprint density at radius 2 is 1.67 bits per heavy atom. The Hall–Kier alpha value is -3.86. The minimum absolute atomic E-state index is 0.259. The van der Waals surface area contributed by atoms with E-state index in [2.05, 4.69) is 15.1 Å². The van der Waals surface area contributed by atoms with E-state index in [4.69, 9.17) is 9.72 Å². The van der Waals surface area contributed by atoms with Crippen molar-refractivity contribution in [2.45, 2.75) is 50.0 Å². The number of piperidine rings is 1. The minimum Gasteiger partial charge on any atom is -0.379 e. The number of morpholine rings is 1. The van der Waals surface area contributed by atoms with Gasteiger partial charge in [-0.25, -0.2) is 9.37 Å². The number of carbonyl (C=O) groups excluding carboxylic acids is 1. The van der Waals surface area contributed by atoms with Crippen LogP contribution in [0.15, 0.2) is 72.8 Å². The molecule has 240 valence electrons. The summed E-state index contributed by atoms with van der Waals surface area (Å²) < 4.78 is 61.9. The highest BCUT2D eigenvalue weighted by atomic mass is 19.4. The molecule has 2 aliphatic heterocycles. The maximum atomic E-state index is 14.8. The van der Waals surface area contributed by atoms with E-state index in [0.717, 1.165) is 82.8 Å². The van der Waals surface area contributed by atoms with Gasteiger partial charge in [0.05, 0.1) is 41.1 Å². The molecule has 0 bridgehead atoms. The molecule has 7 rings (SSSR count). The van der Waals surface area contributed by atoms with Crippen LogP contribution in [0.5, 0.6) is 0 Å². The summed E-state index contributed by atoms with van der Waals surface area (Å²) in [5.74, 6) is -0.901. The van der Waals surface area contributed by atoms with E-state index in [1.807, 2.05) is 30.3 Å². The van der Waals surface area contributed by atoms with Gasteiger partial charge in [0.1, 0.15) is 5.82 Å². The minimum atomic E-state index is -4.55. The topological polar surface area (TPSA) is 57.7 Å². The summed E-state index contributed by atoms with van der Waals surface area (Å²) in [5, 5.41) is 3.59. The van der Waals surface area contributed by atoms with Gasteiger partial charge in [0.15, 0.2) is 0 Å². The predicted molar refractivity (Wildman–Crippen MR) is 168 cm³/mol. The molecule has 3 fully saturated rings. The molecule has 1 amide bonds. The van der Waals surface area contributed by atoms with Gasteiger partial charge in [-0.3, -0.25) is 14.6 Å². The van der Waals surface area contributed by atoms with Crippen LogP contribution in [0.1, 0.15) is 52.7 Å². The fourth-order valence-corrected chi connectivity index (χ4v) is 7.03. The van der Waals surface area contributed by atoms with Crippen molar-refractivity contribution in [2.75, 3.05) is 39.4 Å². The van der Waals surface area contributed by atoms with Gasteiger partial charge < -0.3 is 10.1 Å². The molecule has 46 heavy (non-hydrogen) atoms. The first-order chi connectivity index (χ1) is 22.2. The Labute approximate surface area is 265 Å². The summed E-state index contributed by atoms with van der Waals surface area (Å²) in [6.45, 7) is 5.05. The Balaban J connectivity index is 1.31. The van der Waals surface area contributed by atoms with E-state index in [1.54, 1.807) is 6.07 Å². The fraction of sp³-hybridized carbons (Fsp3) is 0.389. The third-order valence-corrected chi connectivity index (χ3v) is 9.67. The normalized spacial score (nSPS) is 19.3. The average Bonchev–Trinajstić information content (AvgIpc) is 3.85. The first-order valence-electron chi connectivity index (χ1n) is 15.9. The molecule has 0 atom stereocenters. The van der Waals surface area contributed by atoms with Gasteiger partial charge in [-0.15, -0.1) is 0 Å². The number of carbonyl (C=O) groups is 1. The third kappa shape index (κ3) is 6.26. The number of nitrogens with zero attached hydrogens (tertiary/aromatic N) is 3. The highest BCUT2D eigenvalue weighted by Gasteiger charge is 2.46. The van der Waals surface area contributed by atoms with Crippen molar-refractivity contribution < 1.29 is 27.1 Å². The van der Waals surface area contributed by atoms with Crippen molar-refractivity contribution in [1.29, 1.82) is 0 Å². The lowest BCUT2D eigenvalue weighted by Crippen LogP contribution is -2.48. The largest absolute Gasteiger partial charge is 0.416 e. The van der Waals surface area contributed by atoms with E-state index in [-0.39, 0.29) is 17.0 Å². The molecule has 3 heterocycles. The van der Waals surface area contributed by atoms with Crippen molar-refractivity contribution in [3.8, 4) is 11.3 Å². The fourth-order valence-electron chi connectivity index (χ4n) is 7.03. The Kier molecular flexibility index (Phi) is 8.29. The summed E-state index contributed by atoms with van der Waals surface area (Å²) in [6, 6.07) is 19.3. The van der Waals surface area contributed by atoms with E-state index in [1.165, 1.54) is 24.3 Å². The number of rotatable bonds is 7. The molecule has 0 unspecified atom stereocenters. The van der Waals surface area contributed by atoms with E-state index in [9.17, 15) is 22.4 Å². The van der Waals surface area contributed by atoms with Crippen molar-refractivity contribution in [2.24, 2.45) is 0 Å². The van der Waals surface area contributed by atoms with Crippen molar-refractivity contribution in [3.05, 3.63) is 101 Å². The van der Waals surface area contributed by atoms with Gasteiger partial charge in [-0.1, -0.05) is 42.5 Å². The lowest BCUT2D eigenvalue weighted by Gasteiger charge is -2.40. The van der Waals surface area contributed by atoms with E-state index < -0.39 is 23.1 Å². The molecule has 0 radical (unpaired) electrons. The lowest BCUT2D eigenvalue weighted by atomic mass is 9.93. The van der Waals surface area contributed by atoms with E-state index >= 15 is 0 Å². The molecular formula is C36H36F4N4O2. The SMILES string of the molecule is O=C(NC1(c2ccccc2)CC1)c1c(CN2CCC(N3CCOCC3)CC2)c(-c2cccc(C(F)(F)F)c2)nc2ccc(F)cc12. The van der Waals surface area contributed by atoms with Crippen LogP contribution in [0.25, 0.3) is 22.2 Å². The highest BCUT2D eigenvalue weighted by Crippen LogP contribution is 2.46. The molecule has 1 aromatic heterocycles. The molecule has 2 saturated heterocycles. The van der Waals surface area contributed by atoms with Gasteiger partial charge in [0, 0.05) is 42.2 Å². The lowest BCUT2D eigenvalue weighted by molar-refractivity contribution is -0.137. The predicted octanol–water partition coefficient (Wildman–Crippen LogP) is 6.78. The van der Waals surface area contributed by atoms with Crippen molar-refractivity contribution in [1.82, 2.24) is 20.1 Å². The highest BCUT2D eigenvalue weighted by molar-refractivity contribution is 6.09. The van der Waals surface area contributed by atoms with Crippen LogP contribution < -0.4 is 5.32 Å². The van der Waals surface area contributed by atoms with Crippen LogP contribution in [-0.4, -0.2) is 66.1 Å². The van der Waals surface area contributed by atoms with Crippen LogP contribution in [0, 0.1) is 5.82 Å². The standard InChI is InChI=1S/C36H36F4N4O2/c37-27-9-10-31-29(22-27)32(34(45)42-35(13-14-35)25-6-2-1-3-7-25)30(33(41-31)24-5-4-8-26(21-24)36(38,39)40)23-43-15-11-28(12-16-43)44-17-19-46-20-18-44/h1-10,21-22,28H,11-20,23H2,(H,42,45). The summed E-state index contributed by atoms with van der Waals surface area (Å²) in [5.41, 5.74) is 1.31. The number of hydrogen-bond donors (Lipinski definition) is 1. The molecule has 6 nitrogen and oxygen atoms in total. The van der Waals surface area contributed by atoms with Crippen molar-refractivity contribution in [3.63, 3.8) is 0 Å². The first kappa shape index (κ1) is 30.8. The molecule has 1 aliphatic carbocycles. The number of amides is 1. The zero-order valence-corrected chi connectivity index (χ0v) is 25.5. The number of hydrogen-bond acceptors (Lipinski definition) is 5. The van der Waals surface area contributed by atoms with Gasteiger partial charge in [0.2, 0.25) is 0 Å². The number of ether oxygens (including phenoxy) is 1. The second kappa shape index (κ2) is 12.4. The molecule has 3 aliphatic rings. The first-order valence-corrected chi connectivity index (χ1v) is 15.9. The molecule has 4 aromatic rings. The number of likely N-dealkylation sites (tertiary alicyclic amines) is 1. The van der Waals surface area contributed by atoms with Gasteiger partial charge in [0.25, 0.3) is 5.91 Å². The van der Waals surface area contributed by atoms with Gasteiger partial charge in [-0.05, 0) is 74.7 Å². The number of alkyl halides is 3. The zero-order valence-electron chi connectivity index (χ0n) is 25.5. The maximum Gasteiger partial charge on any atom is 0.416 e. The number of benzene rings is 3.